The quantitative estimate of drug-likeness (QED) is 0.696. The van der Waals surface area contributed by atoms with Crippen LogP contribution in [-0.2, 0) is 19.9 Å². The Morgan fingerprint density at radius 3 is 2.64 bits per heavy atom. The zero-order valence-corrected chi connectivity index (χ0v) is 15.1. The fourth-order valence-electron chi connectivity index (χ4n) is 3.08. The Hall–Kier alpha value is -2.75. The van der Waals surface area contributed by atoms with Gasteiger partial charge in [-0.05, 0) is 36.1 Å². The number of benzene rings is 2. The normalized spacial score (nSPS) is 12.0. The molecule has 1 atom stereocenters. The summed E-state index contributed by atoms with van der Waals surface area (Å²) in [5.41, 5.74) is 4.69. The third-order valence-corrected chi connectivity index (χ3v) is 4.35. The molecule has 1 unspecified atom stereocenters. The van der Waals surface area contributed by atoms with Crippen molar-refractivity contribution in [3.05, 3.63) is 77.6 Å². The summed E-state index contributed by atoms with van der Waals surface area (Å²) < 4.78 is 7.24. The molecule has 0 fully saturated rings. The number of hydrogen-bond donors (Lipinski definition) is 1. The van der Waals surface area contributed by atoms with E-state index in [0.29, 0.717) is 0 Å². The number of aryl methyl sites for hydroxylation is 2. The average molecular weight is 335 g/mol. The molecular formula is C21H25N3O. The fourth-order valence-corrected chi connectivity index (χ4v) is 3.08. The standard InChI is InChI=1S/C21H25N3O/c1-4-19-21(15-24(2)23-19)22-20(17-10-6-5-7-11-17)14-16-9-8-12-18(13-16)25-3/h5-13,15,20,22H,4,14H2,1-3H3. The van der Waals surface area contributed by atoms with Gasteiger partial charge in [0.1, 0.15) is 5.75 Å². The number of methoxy groups -OCH3 is 1. The minimum Gasteiger partial charge on any atom is -0.497 e. The van der Waals surface area contributed by atoms with Gasteiger partial charge in [-0.15, -0.1) is 0 Å². The van der Waals surface area contributed by atoms with Crippen LogP contribution in [0.15, 0.2) is 60.8 Å². The van der Waals surface area contributed by atoms with Gasteiger partial charge in [0.05, 0.1) is 24.5 Å². The lowest BCUT2D eigenvalue weighted by atomic mass is 9.98. The average Bonchev–Trinajstić information content (AvgIpc) is 3.01. The first-order valence-electron chi connectivity index (χ1n) is 8.66. The number of aromatic nitrogens is 2. The number of anilines is 1. The minimum atomic E-state index is 0.169. The highest BCUT2D eigenvalue weighted by Gasteiger charge is 2.16. The molecule has 3 aromatic rings. The Morgan fingerprint density at radius 2 is 1.92 bits per heavy atom. The summed E-state index contributed by atoms with van der Waals surface area (Å²) in [4.78, 5) is 0. The van der Waals surface area contributed by atoms with Crippen LogP contribution in [0.25, 0.3) is 0 Å². The first-order valence-corrected chi connectivity index (χ1v) is 8.66. The van der Waals surface area contributed by atoms with Gasteiger partial charge >= 0.3 is 0 Å². The SMILES string of the molecule is CCc1nn(C)cc1NC(Cc1cccc(OC)c1)c1ccccc1. The van der Waals surface area contributed by atoms with Crippen LogP contribution < -0.4 is 10.1 Å². The van der Waals surface area contributed by atoms with Crippen molar-refractivity contribution in [1.82, 2.24) is 9.78 Å². The van der Waals surface area contributed by atoms with Crippen LogP contribution in [-0.4, -0.2) is 16.9 Å². The van der Waals surface area contributed by atoms with E-state index in [2.05, 4.69) is 59.9 Å². The summed E-state index contributed by atoms with van der Waals surface area (Å²) >= 11 is 0. The van der Waals surface area contributed by atoms with Gasteiger partial charge in [0.15, 0.2) is 0 Å². The summed E-state index contributed by atoms with van der Waals surface area (Å²) in [6, 6.07) is 19.0. The number of hydrogen-bond acceptors (Lipinski definition) is 3. The summed E-state index contributed by atoms with van der Waals surface area (Å²) in [7, 11) is 3.67. The van der Waals surface area contributed by atoms with E-state index in [0.717, 1.165) is 30.0 Å². The van der Waals surface area contributed by atoms with Crippen LogP contribution in [0.2, 0.25) is 0 Å². The van der Waals surface area contributed by atoms with Crippen LogP contribution >= 0.6 is 0 Å². The number of rotatable bonds is 7. The lowest BCUT2D eigenvalue weighted by Gasteiger charge is -2.21. The van der Waals surface area contributed by atoms with Crippen molar-refractivity contribution in [3.8, 4) is 5.75 Å². The largest absolute Gasteiger partial charge is 0.497 e. The number of nitrogens with one attached hydrogen (secondary N) is 1. The molecule has 0 aliphatic carbocycles. The second-order valence-corrected chi connectivity index (χ2v) is 6.18. The lowest BCUT2D eigenvalue weighted by Crippen LogP contribution is -2.14. The first kappa shape index (κ1) is 17.1. The molecule has 0 aliphatic heterocycles. The molecule has 4 nitrogen and oxygen atoms in total. The molecule has 0 amide bonds. The van der Waals surface area contributed by atoms with E-state index in [4.69, 9.17) is 4.74 Å². The molecule has 25 heavy (non-hydrogen) atoms. The Labute approximate surface area is 149 Å². The first-order chi connectivity index (χ1) is 12.2. The van der Waals surface area contributed by atoms with Gasteiger partial charge in [-0.3, -0.25) is 4.68 Å². The van der Waals surface area contributed by atoms with Crippen LogP contribution in [0.3, 0.4) is 0 Å². The minimum absolute atomic E-state index is 0.169. The predicted molar refractivity (Wildman–Crippen MR) is 102 cm³/mol. The monoisotopic (exact) mass is 335 g/mol. The van der Waals surface area contributed by atoms with E-state index in [9.17, 15) is 0 Å². The third-order valence-electron chi connectivity index (χ3n) is 4.35. The molecule has 0 saturated carbocycles. The molecule has 4 heteroatoms. The van der Waals surface area contributed by atoms with Gasteiger partial charge in [-0.2, -0.15) is 5.10 Å². The lowest BCUT2D eigenvalue weighted by molar-refractivity contribution is 0.414. The molecular weight excluding hydrogens is 310 g/mol. The van der Waals surface area contributed by atoms with Gasteiger partial charge < -0.3 is 10.1 Å². The molecule has 3 rings (SSSR count). The van der Waals surface area contributed by atoms with Crippen molar-refractivity contribution >= 4 is 5.69 Å². The van der Waals surface area contributed by atoms with E-state index in [-0.39, 0.29) is 6.04 Å². The van der Waals surface area contributed by atoms with Crippen molar-refractivity contribution in [2.75, 3.05) is 12.4 Å². The van der Waals surface area contributed by atoms with Crippen molar-refractivity contribution in [3.63, 3.8) is 0 Å². The van der Waals surface area contributed by atoms with E-state index < -0.39 is 0 Å². The molecule has 1 N–H and O–H groups in total. The molecule has 0 aliphatic rings. The van der Waals surface area contributed by atoms with Crippen molar-refractivity contribution in [1.29, 1.82) is 0 Å². The van der Waals surface area contributed by atoms with Crippen molar-refractivity contribution in [2.45, 2.75) is 25.8 Å². The Kier molecular flexibility index (Phi) is 5.39. The van der Waals surface area contributed by atoms with Crippen molar-refractivity contribution in [2.24, 2.45) is 7.05 Å². The zero-order chi connectivity index (χ0) is 17.6. The van der Waals surface area contributed by atoms with E-state index in [1.165, 1.54) is 11.1 Å². The van der Waals surface area contributed by atoms with Gasteiger partial charge in [0.25, 0.3) is 0 Å². The van der Waals surface area contributed by atoms with Crippen LogP contribution in [0, 0.1) is 0 Å². The molecule has 1 heterocycles. The molecule has 0 bridgehead atoms. The summed E-state index contributed by atoms with van der Waals surface area (Å²) in [5.74, 6) is 0.889. The molecule has 2 aromatic carbocycles. The summed E-state index contributed by atoms with van der Waals surface area (Å²) in [5, 5.41) is 8.24. The van der Waals surface area contributed by atoms with Gasteiger partial charge in [-0.1, -0.05) is 49.4 Å². The van der Waals surface area contributed by atoms with E-state index in [1.54, 1.807) is 7.11 Å². The maximum Gasteiger partial charge on any atom is 0.119 e. The highest BCUT2D eigenvalue weighted by atomic mass is 16.5. The molecule has 0 saturated heterocycles. The van der Waals surface area contributed by atoms with E-state index in [1.807, 2.05) is 29.9 Å². The third kappa shape index (κ3) is 4.21. The molecule has 0 spiro atoms. The fraction of sp³-hybridized carbons (Fsp3) is 0.286. The molecule has 0 radical (unpaired) electrons. The maximum atomic E-state index is 5.37. The highest BCUT2D eigenvalue weighted by molar-refractivity contribution is 5.49. The smallest absolute Gasteiger partial charge is 0.119 e. The zero-order valence-electron chi connectivity index (χ0n) is 15.1. The van der Waals surface area contributed by atoms with Crippen LogP contribution in [0.1, 0.15) is 29.8 Å². The molecule has 130 valence electrons. The topological polar surface area (TPSA) is 39.1 Å². The van der Waals surface area contributed by atoms with Crippen molar-refractivity contribution < 1.29 is 4.74 Å². The maximum absolute atomic E-state index is 5.37. The van der Waals surface area contributed by atoms with E-state index >= 15 is 0 Å². The number of nitrogens with zero attached hydrogens (tertiary/aromatic N) is 2. The second kappa shape index (κ2) is 7.88. The number of ether oxygens (including phenoxy) is 1. The van der Waals surface area contributed by atoms with Gasteiger partial charge in [-0.25, -0.2) is 0 Å². The van der Waals surface area contributed by atoms with Crippen LogP contribution in [0.4, 0.5) is 5.69 Å². The Bertz CT molecular complexity index is 811. The summed E-state index contributed by atoms with van der Waals surface area (Å²) in [6.45, 7) is 2.13. The highest BCUT2D eigenvalue weighted by Crippen LogP contribution is 2.26. The Morgan fingerprint density at radius 1 is 1.12 bits per heavy atom. The van der Waals surface area contributed by atoms with Gasteiger partial charge in [0, 0.05) is 13.2 Å². The Balaban J connectivity index is 1.89. The molecule has 1 aromatic heterocycles. The van der Waals surface area contributed by atoms with Crippen LogP contribution in [0.5, 0.6) is 5.75 Å². The predicted octanol–water partition coefficient (Wildman–Crippen LogP) is 4.39. The van der Waals surface area contributed by atoms with Gasteiger partial charge in [0.2, 0.25) is 0 Å². The summed E-state index contributed by atoms with van der Waals surface area (Å²) in [6.07, 6.45) is 3.84. The second-order valence-electron chi connectivity index (χ2n) is 6.18.